The van der Waals surface area contributed by atoms with Crippen LogP contribution in [0.4, 0.5) is 10.5 Å². The van der Waals surface area contributed by atoms with Crippen LogP contribution in [0.25, 0.3) is 10.8 Å². The molecule has 2 rings (SSSR count). The lowest BCUT2D eigenvalue weighted by atomic mass is 10.1. The van der Waals surface area contributed by atoms with Gasteiger partial charge in [-0.15, -0.1) is 0 Å². The molecule has 0 aromatic heterocycles. The van der Waals surface area contributed by atoms with Gasteiger partial charge in [-0.1, -0.05) is 30.3 Å². The van der Waals surface area contributed by atoms with Crippen molar-refractivity contribution in [1.29, 1.82) is 0 Å². The molecular formula is C12H11NO3. The summed E-state index contributed by atoms with van der Waals surface area (Å²) in [5.74, 6) is -0.0383. The van der Waals surface area contributed by atoms with Crippen molar-refractivity contribution in [2.45, 2.75) is 0 Å². The summed E-state index contributed by atoms with van der Waals surface area (Å²) < 4.78 is 0. The van der Waals surface area contributed by atoms with Crippen LogP contribution in [-0.4, -0.2) is 23.4 Å². The van der Waals surface area contributed by atoms with E-state index in [2.05, 4.69) is 0 Å². The van der Waals surface area contributed by atoms with Crippen LogP contribution in [0, 0.1) is 0 Å². The van der Waals surface area contributed by atoms with Crippen molar-refractivity contribution in [3.63, 3.8) is 0 Å². The normalized spacial score (nSPS) is 10.3. The van der Waals surface area contributed by atoms with Gasteiger partial charge in [0.2, 0.25) is 0 Å². The molecule has 16 heavy (non-hydrogen) atoms. The Morgan fingerprint density at radius 1 is 1.19 bits per heavy atom. The first-order valence-electron chi connectivity index (χ1n) is 4.78. The first kappa shape index (κ1) is 10.3. The summed E-state index contributed by atoms with van der Waals surface area (Å²) in [4.78, 5) is 11.9. The Hall–Kier alpha value is -2.23. The van der Waals surface area contributed by atoms with E-state index < -0.39 is 6.09 Å². The monoisotopic (exact) mass is 217 g/mol. The number of hydrogen-bond acceptors (Lipinski definition) is 2. The van der Waals surface area contributed by atoms with Gasteiger partial charge in [-0.25, -0.2) is 4.79 Å². The fourth-order valence-electron chi connectivity index (χ4n) is 1.69. The zero-order valence-corrected chi connectivity index (χ0v) is 8.71. The second kappa shape index (κ2) is 3.73. The number of carbonyl (C=O) groups is 1. The molecule has 0 atom stereocenters. The number of nitrogens with zero attached hydrogens (tertiary/aromatic N) is 1. The van der Waals surface area contributed by atoms with Gasteiger partial charge in [0, 0.05) is 12.4 Å². The molecule has 1 amide bonds. The first-order chi connectivity index (χ1) is 7.61. The second-order valence-corrected chi connectivity index (χ2v) is 3.50. The van der Waals surface area contributed by atoms with Crippen molar-refractivity contribution >= 4 is 22.6 Å². The lowest BCUT2D eigenvalue weighted by molar-refractivity contribution is 0.203. The van der Waals surface area contributed by atoms with Crippen molar-refractivity contribution in [1.82, 2.24) is 0 Å². The first-order valence-corrected chi connectivity index (χ1v) is 4.78. The largest absolute Gasteiger partial charge is 0.506 e. The molecule has 0 fully saturated rings. The van der Waals surface area contributed by atoms with E-state index in [1.807, 2.05) is 12.1 Å². The Labute approximate surface area is 92.4 Å². The summed E-state index contributed by atoms with van der Waals surface area (Å²) in [7, 11) is 1.41. The van der Waals surface area contributed by atoms with E-state index in [9.17, 15) is 9.90 Å². The van der Waals surface area contributed by atoms with E-state index in [1.54, 1.807) is 18.2 Å². The molecule has 0 aliphatic rings. The van der Waals surface area contributed by atoms with Crippen LogP contribution in [-0.2, 0) is 0 Å². The highest BCUT2D eigenvalue weighted by atomic mass is 16.4. The third-order valence-corrected chi connectivity index (χ3v) is 2.50. The van der Waals surface area contributed by atoms with Gasteiger partial charge in [0.1, 0.15) is 5.75 Å². The van der Waals surface area contributed by atoms with Crippen LogP contribution >= 0.6 is 0 Å². The summed E-state index contributed by atoms with van der Waals surface area (Å²) in [6, 6.07) is 10.6. The molecule has 2 N–H and O–H groups in total. The van der Waals surface area contributed by atoms with Gasteiger partial charge >= 0.3 is 6.09 Å². The minimum Gasteiger partial charge on any atom is -0.506 e. The molecule has 0 aliphatic heterocycles. The number of amides is 1. The average Bonchev–Trinajstić information content (AvgIpc) is 2.28. The van der Waals surface area contributed by atoms with Crippen molar-refractivity contribution in [2.75, 3.05) is 11.9 Å². The molecule has 0 saturated heterocycles. The minimum atomic E-state index is -1.10. The van der Waals surface area contributed by atoms with Gasteiger partial charge in [0.05, 0.1) is 5.69 Å². The topological polar surface area (TPSA) is 60.8 Å². The predicted octanol–water partition coefficient (Wildman–Crippen LogP) is 2.66. The Balaban J connectivity index is 2.75. The van der Waals surface area contributed by atoms with E-state index in [0.717, 1.165) is 10.3 Å². The molecule has 0 aliphatic carbocycles. The minimum absolute atomic E-state index is 0.0383. The van der Waals surface area contributed by atoms with Gasteiger partial charge in [-0.3, -0.25) is 4.90 Å². The van der Waals surface area contributed by atoms with Crippen LogP contribution in [0.1, 0.15) is 0 Å². The Kier molecular flexibility index (Phi) is 2.40. The third-order valence-electron chi connectivity index (χ3n) is 2.50. The second-order valence-electron chi connectivity index (χ2n) is 3.50. The highest BCUT2D eigenvalue weighted by molar-refractivity contribution is 6.03. The molecule has 4 heteroatoms. The number of benzene rings is 2. The summed E-state index contributed by atoms with van der Waals surface area (Å²) in [5.41, 5.74) is 0.311. The average molecular weight is 217 g/mol. The molecule has 0 bridgehead atoms. The molecule has 0 saturated carbocycles. The number of fused-ring (bicyclic) bond motifs is 1. The van der Waals surface area contributed by atoms with Crippen molar-refractivity contribution in [3.8, 4) is 5.75 Å². The molecule has 2 aromatic rings. The highest BCUT2D eigenvalue weighted by Gasteiger charge is 2.15. The Morgan fingerprint density at radius 3 is 2.56 bits per heavy atom. The molecule has 0 spiro atoms. The number of phenols is 1. The van der Waals surface area contributed by atoms with Gasteiger partial charge in [0.15, 0.2) is 0 Å². The number of hydrogen-bond donors (Lipinski definition) is 2. The SMILES string of the molecule is CN(C(=O)O)c1c(O)ccc2ccccc12. The van der Waals surface area contributed by atoms with E-state index in [-0.39, 0.29) is 5.75 Å². The van der Waals surface area contributed by atoms with Crippen molar-refractivity contribution < 1.29 is 15.0 Å². The lowest BCUT2D eigenvalue weighted by Crippen LogP contribution is -2.24. The van der Waals surface area contributed by atoms with Crippen molar-refractivity contribution in [3.05, 3.63) is 36.4 Å². The van der Waals surface area contributed by atoms with Gasteiger partial charge in [-0.2, -0.15) is 0 Å². The van der Waals surface area contributed by atoms with Crippen LogP contribution < -0.4 is 4.90 Å². The molecule has 0 heterocycles. The van der Waals surface area contributed by atoms with Crippen LogP contribution in [0.15, 0.2) is 36.4 Å². The van der Waals surface area contributed by atoms with E-state index in [4.69, 9.17) is 5.11 Å². The molecule has 0 unspecified atom stereocenters. The summed E-state index contributed by atoms with van der Waals surface area (Å²) >= 11 is 0. The summed E-state index contributed by atoms with van der Waals surface area (Å²) in [5, 5.41) is 20.3. The number of anilines is 1. The standard InChI is InChI=1S/C12H11NO3/c1-13(12(15)16)11-9-5-3-2-4-8(9)6-7-10(11)14/h2-7,14H,1H3,(H,15,16). The van der Waals surface area contributed by atoms with E-state index >= 15 is 0 Å². The van der Waals surface area contributed by atoms with Gasteiger partial charge in [0.25, 0.3) is 0 Å². The summed E-state index contributed by atoms with van der Waals surface area (Å²) in [6.07, 6.45) is -1.10. The number of aromatic hydroxyl groups is 1. The van der Waals surface area contributed by atoms with Crippen molar-refractivity contribution in [2.24, 2.45) is 0 Å². The molecule has 2 aromatic carbocycles. The fraction of sp³-hybridized carbons (Fsp3) is 0.0833. The third kappa shape index (κ3) is 1.54. The van der Waals surface area contributed by atoms with Crippen LogP contribution in [0.5, 0.6) is 5.75 Å². The zero-order valence-electron chi connectivity index (χ0n) is 8.71. The Morgan fingerprint density at radius 2 is 1.88 bits per heavy atom. The van der Waals surface area contributed by atoms with E-state index in [1.165, 1.54) is 13.1 Å². The fourth-order valence-corrected chi connectivity index (χ4v) is 1.69. The molecular weight excluding hydrogens is 206 g/mol. The maximum Gasteiger partial charge on any atom is 0.411 e. The number of rotatable bonds is 1. The molecule has 4 nitrogen and oxygen atoms in total. The maximum atomic E-state index is 10.9. The van der Waals surface area contributed by atoms with Crippen LogP contribution in [0.3, 0.4) is 0 Å². The molecule has 0 radical (unpaired) electrons. The predicted molar refractivity (Wildman–Crippen MR) is 62.0 cm³/mol. The quantitative estimate of drug-likeness (QED) is 0.771. The van der Waals surface area contributed by atoms with Crippen LogP contribution in [0.2, 0.25) is 0 Å². The Bertz CT molecular complexity index is 551. The van der Waals surface area contributed by atoms with Gasteiger partial charge < -0.3 is 10.2 Å². The van der Waals surface area contributed by atoms with Gasteiger partial charge in [-0.05, 0) is 11.5 Å². The highest BCUT2D eigenvalue weighted by Crippen LogP contribution is 2.34. The summed E-state index contributed by atoms with van der Waals surface area (Å²) in [6.45, 7) is 0. The molecule has 82 valence electrons. The lowest BCUT2D eigenvalue weighted by Gasteiger charge is -2.17. The smallest absolute Gasteiger partial charge is 0.411 e. The number of phenolic OH excluding ortho intramolecular Hbond substituents is 1. The maximum absolute atomic E-state index is 10.9. The van der Waals surface area contributed by atoms with E-state index in [0.29, 0.717) is 11.1 Å². The zero-order chi connectivity index (χ0) is 11.7. The number of carboxylic acid groups (broad SMARTS) is 1.